The Morgan fingerprint density at radius 3 is 1.61 bits per heavy atom. The third-order valence-corrected chi connectivity index (χ3v) is 8.11. The van der Waals surface area contributed by atoms with Gasteiger partial charge in [-0.3, -0.25) is 4.79 Å². The van der Waals surface area contributed by atoms with Crippen molar-refractivity contribution >= 4 is 5.97 Å². The third kappa shape index (κ3) is 36.3. The second-order valence-electron chi connectivity index (χ2n) is 13.1. The number of hydrogen-bond donors (Lipinski definition) is 0. The number of hydrogen-bond acceptors (Lipinski definition) is 3. The third-order valence-electron chi connectivity index (χ3n) is 8.11. The lowest BCUT2D eigenvalue weighted by atomic mass is 10.0. The number of rotatable bonds is 33. The van der Waals surface area contributed by atoms with E-state index in [-0.39, 0.29) is 12.1 Å². The topological polar surface area (TPSA) is 29.5 Å². The summed E-state index contributed by atoms with van der Waals surface area (Å²) >= 11 is 0. The van der Waals surface area contributed by atoms with E-state index in [1.54, 1.807) is 0 Å². The van der Waals surface area contributed by atoms with Gasteiger partial charge < -0.3 is 9.64 Å². The minimum absolute atomic E-state index is 0.0136. The Hall–Kier alpha value is -2.13. The summed E-state index contributed by atoms with van der Waals surface area (Å²) in [4.78, 5) is 14.6. The molecule has 0 spiro atoms. The average Bonchev–Trinajstić information content (AvgIpc) is 3.04. The normalized spacial score (nSPS) is 13.3. The molecule has 0 heterocycles. The molecule has 1 unspecified atom stereocenters. The van der Waals surface area contributed by atoms with Gasteiger partial charge in [-0.1, -0.05) is 132 Å². The lowest BCUT2D eigenvalue weighted by Crippen LogP contribution is -2.19. The fourth-order valence-corrected chi connectivity index (χ4v) is 5.22. The minimum Gasteiger partial charge on any atom is -0.462 e. The van der Waals surface area contributed by atoms with Gasteiger partial charge >= 0.3 is 5.97 Å². The highest BCUT2D eigenvalue weighted by atomic mass is 16.5. The van der Waals surface area contributed by atoms with Gasteiger partial charge in [0.15, 0.2) is 0 Å². The highest BCUT2D eigenvalue weighted by Crippen LogP contribution is 2.15. The first-order valence-corrected chi connectivity index (χ1v) is 19.4. The molecule has 0 aromatic carbocycles. The smallest absolute Gasteiger partial charge is 0.306 e. The summed E-state index contributed by atoms with van der Waals surface area (Å²) < 4.78 is 5.94. The maximum atomic E-state index is 12.5. The van der Waals surface area contributed by atoms with Crippen molar-refractivity contribution in [3.05, 3.63) is 72.9 Å². The monoisotopic (exact) mass is 638 g/mol. The molecule has 0 fully saturated rings. The van der Waals surface area contributed by atoms with E-state index in [0.717, 1.165) is 57.9 Å². The molecule has 0 aliphatic rings. The van der Waals surface area contributed by atoms with Crippen LogP contribution in [0.5, 0.6) is 0 Å². The van der Waals surface area contributed by atoms with Gasteiger partial charge in [-0.15, -0.1) is 0 Å². The summed E-state index contributed by atoms with van der Waals surface area (Å²) in [5.41, 5.74) is 0. The first-order valence-electron chi connectivity index (χ1n) is 19.4. The van der Waals surface area contributed by atoms with E-state index in [1.807, 2.05) is 14.1 Å². The van der Waals surface area contributed by atoms with E-state index in [0.29, 0.717) is 6.42 Å². The van der Waals surface area contributed by atoms with Crippen molar-refractivity contribution in [3.8, 4) is 0 Å². The molecule has 0 saturated heterocycles. The van der Waals surface area contributed by atoms with Crippen molar-refractivity contribution < 1.29 is 9.53 Å². The van der Waals surface area contributed by atoms with Crippen LogP contribution in [0.4, 0.5) is 0 Å². The van der Waals surface area contributed by atoms with Crippen LogP contribution in [0, 0.1) is 0 Å². The molecule has 3 nitrogen and oxygen atoms in total. The van der Waals surface area contributed by atoms with E-state index in [1.165, 1.54) is 96.3 Å². The molecule has 0 amide bonds. The Bertz CT molecular complexity index is 817. The van der Waals surface area contributed by atoms with Gasteiger partial charge in [0.1, 0.15) is 6.10 Å². The number of carbonyl (C=O) groups is 1. The summed E-state index contributed by atoms with van der Waals surface area (Å²) in [5, 5.41) is 0. The van der Waals surface area contributed by atoms with Crippen LogP contribution in [-0.4, -0.2) is 37.6 Å². The van der Waals surface area contributed by atoms with Crippen LogP contribution in [0.1, 0.15) is 168 Å². The molecule has 0 N–H and O–H groups in total. The standard InChI is InChI=1S/C43H75NO2/c1-5-7-9-11-13-15-17-19-21-23-25-27-29-31-33-35-38-42(46-43(45)40-37-41-44(3)4)39-36-34-32-30-28-26-24-22-20-18-16-14-12-10-8-6-2/h13-16,19-23,25,34,36,42H,5-12,17-18,24,26-33,35,37-41H2,1-4H3/b15-13-,16-14-,21-19-,22-20-,25-23+,36-34+. The van der Waals surface area contributed by atoms with Crippen LogP contribution in [0.15, 0.2) is 72.9 Å². The van der Waals surface area contributed by atoms with E-state index in [4.69, 9.17) is 4.74 Å². The molecule has 1 atom stereocenters. The van der Waals surface area contributed by atoms with Crippen LogP contribution in [0.25, 0.3) is 0 Å². The molecule has 264 valence electrons. The van der Waals surface area contributed by atoms with Crippen molar-refractivity contribution in [2.75, 3.05) is 20.6 Å². The van der Waals surface area contributed by atoms with Crippen molar-refractivity contribution in [2.24, 2.45) is 0 Å². The first-order chi connectivity index (χ1) is 22.6. The quantitative estimate of drug-likeness (QED) is 0.0310. The maximum Gasteiger partial charge on any atom is 0.306 e. The molecule has 0 rings (SSSR count). The predicted octanol–water partition coefficient (Wildman–Crippen LogP) is 13.2. The fraction of sp³-hybridized carbons (Fsp3) is 0.698. The Morgan fingerprint density at radius 2 is 1.02 bits per heavy atom. The molecule has 0 radical (unpaired) electrons. The highest BCUT2D eigenvalue weighted by molar-refractivity contribution is 5.69. The first kappa shape index (κ1) is 43.9. The maximum absolute atomic E-state index is 12.5. The zero-order valence-corrected chi connectivity index (χ0v) is 30.9. The lowest BCUT2D eigenvalue weighted by molar-refractivity contribution is -0.149. The Kier molecular flexibility index (Phi) is 35.6. The second kappa shape index (κ2) is 37.3. The Labute approximate surface area is 287 Å². The highest BCUT2D eigenvalue weighted by Gasteiger charge is 2.13. The molecule has 0 aromatic heterocycles. The van der Waals surface area contributed by atoms with Crippen LogP contribution in [0.2, 0.25) is 0 Å². The molecule has 3 heteroatoms. The van der Waals surface area contributed by atoms with Crippen molar-refractivity contribution in [1.82, 2.24) is 4.90 Å². The van der Waals surface area contributed by atoms with Crippen molar-refractivity contribution in [1.29, 1.82) is 0 Å². The molecular weight excluding hydrogens is 562 g/mol. The van der Waals surface area contributed by atoms with Crippen LogP contribution < -0.4 is 0 Å². The summed E-state index contributed by atoms with van der Waals surface area (Å²) in [5.74, 6) is -0.0366. The summed E-state index contributed by atoms with van der Waals surface area (Å²) in [7, 11) is 4.10. The fourth-order valence-electron chi connectivity index (χ4n) is 5.22. The molecular formula is C43H75NO2. The number of unbranched alkanes of at least 4 members (excludes halogenated alkanes) is 14. The number of carbonyl (C=O) groups excluding carboxylic acids is 1. The van der Waals surface area contributed by atoms with Crippen LogP contribution in [-0.2, 0) is 9.53 Å². The van der Waals surface area contributed by atoms with Crippen LogP contribution in [0.3, 0.4) is 0 Å². The van der Waals surface area contributed by atoms with Gasteiger partial charge in [0.2, 0.25) is 0 Å². The number of allylic oxidation sites excluding steroid dienone is 11. The van der Waals surface area contributed by atoms with Gasteiger partial charge in [0, 0.05) is 12.8 Å². The number of ether oxygens (including phenoxy) is 1. The SMILES string of the molecule is CCCCC/C=C\C/C=C\C=C\CCCCCCC(C/C=C/CCCCC/C=C\C/C=C\CCCCC)OC(=O)CCCN(C)C. The molecule has 46 heavy (non-hydrogen) atoms. The Balaban J connectivity index is 4.16. The number of esters is 1. The average molecular weight is 638 g/mol. The van der Waals surface area contributed by atoms with Gasteiger partial charge in [-0.2, -0.15) is 0 Å². The second-order valence-corrected chi connectivity index (χ2v) is 13.1. The summed E-state index contributed by atoms with van der Waals surface area (Å²) in [6.45, 7) is 5.43. The van der Waals surface area contributed by atoms with E-state index in [9.17, 15) is 4.79 Å². The van der Waals surface area contributed by atoms with Crippen molar-refractivity contribution in [3.63, 3.8) is 0 Å². The van der Waals surface area contributed by atoms with Gasteiger partial charge in [-0.05, 0) is 117 Å². The summed E-state index contributed by atoms with van der Waals surface area (Å²) in [6.07, 6.45) is 55.0. The van der Waals surface area contributed by atoms with Crippen molar-refractivity contribution in [2.45, 2.75) is 174 Å². The molecule has 0 aromatic rings. The largest absolute Gasteiger partial charge is 0.462 e. The van der Waals surface area contributed by atoms with Gasteiger partial charge in [-0.25, -0.2) is 0 Å². The molecule has 0 aliphatic carbocycles. The van der Waals surface area contributed by atoms with Gasteiger partial charge in [0.05, 0.1) is 0 Å². The molecule has 0 bridgehead atoms. The minimum atomic E-state index is -0.0366. The number of nitrogens with zero attached hydrogens (tertiary/aromatic N) is 1. The van der Waals surface area contributed by atoms with Crippen LogP contribution >= 0.6 is 0 Å². The predicted molar refractivity (Wildman–Crippen MR) is 205 cm³/mol. The zero-order valence-electron chi connectivity index (χ0n) is 30.9. The molecule has 0 saturated carbocycles. The molecule has 0 aliphatic heterocycles. The van der Waals surface area contributed by atoms with E-state index >= 15 is 0 Å². The van der Waals surface area contributed by atoms with E-state index < -0.39 is 0 Å². The van der Waals surface area contributed by atoms with E-state index in [2.05, 4.69) is 91.7 Å². The summed E-state index contributed by atoms with van der Waals surface area (Å²) in [6, 6.07) is 0. The Morgan fingerprint density at radius 1 is 0.543 bits per heavy atom. The zero-order chi connectivity index (χ0) is 33.6. The lowest BCUT2D eigenvalue weighted by Gasteiger charge is -2.17. The van der Waals surface area contributed by atoms with Gasteiger partial charge in [0.25, 0.3) is 0 Å².